The van der Waals surface area contributed by atoms with Crippen molar-refractivity contribution < 1.29 is 24.0 Å². The number of carbonyl (C=O) groups excluding carboxylic acids is 5. The van der Waals surface area contributed by atoms with E-state index in [9.17, 15) is 24.0 Å². The first-order chi connectivity index (χ1) is 29.5. The van der Waals surface area contributed by atoms with Gasteiger partial charge in [0.2, 0.25) is 22.9 Å². The summed E-state index contributed by atoms with van der Waals surface area (Å²) in [6.07, 6.45) is 6.92. The summed E-state index contributed by atoms with van der Waals surface area (Å²) >= 11 is 1.54. The van der Waals surface area contributed by atoms with Crippen LogP contribution in [0.15, 0.2) is 54.9 Å². The average Bonchev–Trinajstić information content (AvgIpc) is 3.98. The van der Waals surface area contributed by atoms with Crippen LogP contribution in [0.25, 0.3) is 27.5 Å². The van der Waals surface area contributed by atoms with Gasteiger partial charge in [0.05, 0.1) is 45.5 Å². The summed E-state index contributed by atoms with van der Waals surface area (Å²) in [6.45, 7) is 7.76. The van der Waals surface area contributed by atoms with Crippen LogP contribution in [0, 0.1) is 5.92 Å². The lowest BCUT2D eigenvalue weighted by Crippen LogP contribution is -2.54. The Kier molecular flexibility index (Phi) is 11.0. The van der Waals surface area contributed by atoms with Crippen molar-refractivity contribution in [2.24, 2.45) is 5.92 Å². The Labute approximate surface area is 356 Å². The van der Waals surface area contributed by atoms with E-state index in [2.05, 4.69) is 60.2 Å². The predicted octanol–water partition coefficient (Wildman–Crippen LogP) is 4.18. The summed E-state index contributed by atoms with van der Waals surface area (Å²) in [4.78, 5) is 74.2. The van der Waals surface area contributed by atoms with E-state index in [1.165, 1.54) is 0 Å². The van der Waals surface area contributed by atoms with Gasteiger partial charge >= 0.3 is 0 Å². The van der Waals surface area contributed by atoms with Gasteiger partial charge in [0.25, 0.3) is 11.8 Å². The van der Waals surface area contributed by atoms with Crippen molar-refractivity contribution in [3.05, 3.63) is 71.5 Å². The largest absolute Gasteiger partial charge is 0.387 e. The molecule has 4 N–H and O–H groups in total. The third-order valence-electron chi connectivity index (χ3n) is 12.0. The number of amides is 5. The van der Waals surface area contributed by atoms with Gasteiger partial charge in [0.1, 0.15) is 6.04 Å². The molecule has 61 heavy (non-hydrogen) atoms. The number of benzene rings is 1. The molecule has 4 aromatic heterocycles. The van der Waals surface area contributed by atoms with Crippen molar-refractivity contribution in [1.29, 1.82) is 0 Å². The molecule has 0 spiro atoms. The number of anilines is 3. The lowest BCUT2D eigenvalue weighted by Gasteiger charge is -2.34. The molecule has 316 valence electrons. The number of hydrogen-bond donors (Lipinski definition) is 4. The minimum Gasteiger partial charge on any atom is -0.387 e. The highest BCUT2D eigenvalue weighted by Gasteiger charge is 2.44. The topological polar surface area (TPSA) is 199 Å². The van der Waals surface area contributed by atoms with Crippen LogP contribution in [0.2, 0.25) is 0 Å². The van der Waals surface area contributed by atoms with E-state index in [0.29, 0.717) is 6.54 Å². The maximum absolute atomic E-state index is 13.4. The van der Waals surface area contributed by atoms with E-state index in [0.717, 1.165) is 106 Å². The zero-order chi connectivity index (χ0) is 42.4. The van der Waals surface area contributed by atoms with E-state index in [4.69, 9.17) is 4.98 Å². The molecule has 0 bridgehead atoms. The van der Waals surface area contributed by atoms with Gasteiger partial charge in [-0.2, -0.15) is 5.10 Å². The number of imide groups is 2. The first-order valence-electron chi connectivity index (χ1n) is 20.9. The Hall–Kier alpha value is -6.27. The van der Waals surface area contributed by atoms with E-state index in [-0.39, 0.29) is 47.9 Å². The van der Waals surface area contributed by atoms with Gasteiger partial charge in [-0.25, -0.2) is 4.52 Å². The highest BCUT2D eigenvalue weighted by Crippen LogP contribution is 2.37. The quantitative estimate of drug-likeness (QED) is 0.138. The van der Waals surface area contributed by atoms with Crippen molar-refractivity contribution in [2.45, 2.75) is 77.0 Å². The highest BCUT2D eigenvalue weighted by atomic mass is 32.1. The van der Waals surface area contributed by atoms with Crippen molar-refractivity contribution in [2.75, 3.05) is 48.8 Å². The smallest absolute Gasteiger partial charge is 0.262 e. The highest BCUT2D eigenvalue weighted by molar-refractivity contribution is 7.18. The summed E-state index contributed by atoms with van der Waals surface area (Å²) in [5.41, 5.74) is 6.84. The van der Waals surface area contributed by atoms with Gasteiger partial charge in [0.15, 0.2) is 5.01 Å². The van der Waals surface area contributed by atoms with E-state index < -0.39 is 29.7 Å². The monoisotopic (exact) mass is 844 g/mol. The first kappa shape index (κ1) is 40.2. The summed E-state index contributed by atoms with van der Waals surface area (Å²) in [5, 5.41) is 27.7. The van der Waals surface area contributed by atoms with Gasteiger partial charge in [-0.3, -0.25) is 44.1 Å². The fraction of sp³-hybridized carbons (Fsp3) is 0.419. The zero-order valence-electron chi connectivity index (χ0n) is 34.3. The number of rotatable bonds is 11. The molecular weight excluding hydrogens is 797 g/mol. The first-order valence-corrected chi connectivity index (χ1v) is 21.7. The molecule has 0 saturated carbocycles. The van der Waals surface area contributed by atoms with Crippen molar-refractivity contribution in [3.63, 3.8) is 0 Å². The third kappa shape index (κ3) is 8.04. The molecule has 4 aliphatic rings. The van der Waals surface area contributed by atoms with Crippen LogP contribution < -0.4 is 26.2 Å². The van der Waals surface area contributed by atoms with Gasteiger partial charge < -0.3 is 20.9 Å². The standard InChI is InChI=1S/C43H48N12O5S/c1-24(2)47-33-20-34(35-7-5-29-19-28(44-3)21-46-55(29)35)45-22-32(33)40-50-51-43(61-40)53-16-12-27(13-17-53)48-38(57)26-10-14-52(15-11-26)23-25-4-6-30-31(18-25)42(60)54(41(30)59)36-8-9-37(56)49-39(36)58/h4-7,18-22,24,26-27,36,44H,8-17,23H2,1-3H3,(H,45,47)(H,48,57)(H,49,56,58). The van der Waals surface area contributed by atoms with Gasteiger partial charge in [-0.1, -0.05) is 17.4 Å². The van der Waals surface area contributed by atoms with Crippen LogP contribution in [0.3, 0.4) is 0 Å². The van der Waals surface area contributed by atoms with Gasteiger partial charge in [-0.15, -0.1) is 10.2 Å². The zero-order valence-corrected chi connectivity index (χ0v) is 35.1. The molecule has 3 saturated heterocycles. The number of pyridine rings is 1. The van der Waals surface area contributed by atoms with Crippen molar-refractivity contribution in [3.8, 4) is 22.0 Å². The maximum atomic E-state index is 13.4. The SMILES string of the molecule is CNc1cnn2c(-c3cc(NC(C)C)c(-c4nnc(N5CCC(NC(=O)C6CCN(Cc7ccc8c(c7)C(=O)N(C7CCC(=O)NC7=O)C8=O)CC6)CC5)s4)cn3)ccc2c1. The lowest BCUT2D eigenvalue weighted by atomic mass is 9.94. The fourth-order valence-electron chi connectivity index (χ4n) is 8.74. The fourth-order valence-corrected chi connectivity index (χ4v) is 9.66. The predicted molar refractivity (Wildman–Crippen MR) is 230 cm³/mol. The molecular formula is C43H48N12O5S. The Morgan fingerprint density at radius 3 is 2.43 bits per heavy atom. The third-order valence-corrected chi connectivity index (χ3v) is 13.0. The van der Waals surface area contributed by atoms with Crippen molar-refractivity contribution in [1.82, 2.24) is 45.2 Å². The Balaban J connectivity index is 0.764. The second-order valence-electron chi connectivity index (χ2n) is 16.5. The number of fused-ring (bicyclic) bond motifs is 2. The number of piperidine rings is 3. The summed E-state index contributed by atoms with van der Waals surface area (Å²) in [7, 11) is 1.87. The summed E-state index contributed by atoms with van der Waals surface area (Å²) in [5.74, 6) is -2.03. The van der Waals surface area contributed by atoms with Crippen LogP contribution in [0.5, 0.6) is 0 Å². The molecule has 1 unspecified atom stereocenters. The molecule has 1 aromatic carbocycles. The van der Waals surface area contributed by atoms with Crippen LogP contribution in [0.4, 0.5) is 16.5 Å². The number of likely N-dealkylation sites (tertiary alicyclic amines) is 1. The molecule has 5 aromatic rings. The second kappa shape index (κ2) is 16.6. The number of hydrogen-bond acceptors (Lipinski definition) is 14. The van der Waals surface area contributed by atoms with Crippen LogP contribution in [-0.2, 0) is 20.9 Å². The molecule has 9 rings (SSSR count). The average molecular weight is 845 g/mol. The molecule has 17 nitrogen and oxygen atoms in total. The number of aromatic nitrogens is 5. The minimum absolute atomic E-state index is 0.0751. The van der Waals surface area contributed by atoms with E-state index >= 15 is 0 Å². The van der Waals surface area contributed by atoms with Crippen LogP contribution in [0.1, 0.15) is 78.7 Å². The summed E-state index contributed by atoms with van der Waals surface area (Å²) < 4.78 is 1.89. The Morgan fingerprint density at radius 2 is 1.67 bits per heavy atom. The summed E-state index contributed by atoms with van der Waals surface area (Å²) in [6, 6.07) is 12.6. The lowest BCUT2D eigenvalue weighted by molar-refractivity contribution is -0.136. The molecule has 5 amide bonds. The van der Waals surface area contributed by atoms with Gasteiger partial charge in [0, 0.05) is 63.0 Å². The van der Waals surface area contributed by atoms with Gasteiger partial charge in [-0.05, 0) is 101 Å². The molecule has 0 aliphatic carbocycles. The molecule has 0 radical (unpaired) electrons. The molecule has 3 fully saturated rings. The Bertz CT molecular complexity index is 2540. The second-order valence-corrected chi connectivity index (χ2v) is 17.5. The number of carbonyl (C=O) groups is 5. The molecule has 4 aliphatic heterocycles. The minimum atomic E-state index is -0.992. The number of nitrogens with zero attached hydrogens (tertiary/aromatic N) is 8. The normalized spacial score (nSPS) is 19.2. The maximum Gasteiger partial charge on any atom is 0.262 e. The van der Waals surface area contributed by atoms with Crippen LogP contribution in [-0.4, -0.2) is 115 Å². The van der Waals surface area contributed by atoms with Crippen LogP contribution >= 0.6 is 11.3 Å². The van der Waals surface area contributed by atoms with E-state index in [1.807, 2.05) is 48.1 Å². The molecule has 1 atom stereocenters. The van der Waals surface area contributed by atoms with Crippen molar-refractivity contribution >= 4 is 62.9 Å². The molecule has 18 heteroatoms. The Morgan fingerprint density at radius 1 is 0.885 bits per heavy atom. The number of nitrogens with one attached hydrogen (secondary N) is 4. The van der Waals surface area contributed by atoms with E-state index in [1.54, 1.807) is 29.7 Å². The molecule has 8 heterocycles.